The van der Waals surface area contributed by atoms with Crippen LogP contribution in [0.4, 0.5) is 0 Å². The highest BCUT2D eigenvalue weighted by Crippen LogP contribution is 2.22. The van der Waals surface area contributed by atoms with Crippen LogP contribution in [0.5, 0.6) is 0 Å². The predicted octanol–water partition coefficient (Wildman–Crippen LogP) is 4.03. The van der Waals surface area contributed by atoms with Gasteiger partial charge in [-0.3, -0.25) is 9.59 Å². The molecule has 148 valence electrons. The van der Waals surface area contributed by atoms with Gasteiger partial charge >= 0.3 is 0 Å². The molecule has 6 nitrogen and oxygen atoms in total. The topological polar surface area (TPSA) is 75.4 Å². The van der Waals surface area contributed by atoms with Gasteiger partial charge in [0, 0.05) is 28.7 Å². The van der Waals surface area contributed by atoms with Gasteiger partial charge in [0.05, 0.1) is 6.20 Å². The maximum atomic E-state index is 12.8. The Labute approximate surface area is 177 Å². The van der Waals surface area contributed by atoms with E-state index in [4.69, 9.17) is 4.42 Å². The zero-order chi connectivity index (χ0) is 20.2. The monoisotopic (exact) mass is 453 g/mol. The third-order valence-electron chi connectivity index (χ3n) is 5.03. The summed E-state index contributed by atoms with van der Waals surface area (Å²) < 4.78 is 6.13. The first-order valence-electron chi connectivity index (χ1n) is 9.44. The fraction of sp³-hybridized carbons (Fsp3) is 0.227. The predicted molar refractivity (Wildman–Crippen MR) is 112 cm³/mol. The molecule has 0 saturated carbocycles. The zero-order valence-electron chi connectivity index (χ0n) is 15.7. The first-order valence-corrected chi connectivity index (χ1v) is 10.2. The van der Waals surface area contributed by atoms with Crippen molar-refractivity contribution in [1.29, 1.82) is 0 Å². The molecule has 0 aliphatic carbocycles. The first-order chi connectivity index (χ1) is 14.1. The van der Waals surface area contributed by atoms with E-state index in [9.17, 15) is 9.59 Å². The molecule has 29 heavy (non-hydrogen) atoms. The van der Waals surface area contributed by atoms with Crippen molar-refractivity contribution in [2.24, 2.45) is 0 Å². The lowest BCUT2D eigenvalue weighted by Crippen LogP contribution is -2.45. The van der Waals surface area contributed by atoms with Crippen molar-refractivity contribution >= 4 is 27.7 Å². The van der Waals surface area contributed by atoms with E-state index in [-0.39, 0.29) is 11.8 Å². The molecule has 1 atom stereocenters. The number of aromatic nitrogens is 1. The second kappa shape index (κ2) is 8.61. The summed E-state index contributed by atoms with van der Waals surface area (Å²) in [6.07, 6.45) is 4.56. The minimum absolute atomic E-state index is 0.111. The molecule has 7 heteroatoms. The molecule has 1 saturated heterocycles. The van der Waals surface area contributed by atoms with Crippen molar-refractivity contribution < 1.29 is 14.0 Å². The van der Waals surface area contributed by atoms with Crippen LogP contribution < -0.4 is 5.32 Å². The van der Waals surface area contributed by atoms with Gasteiger partial charge in [0.25, 0.3) is 5.91 Å². The van der Waals surface area contributed by atoms with Gasteiger partial charge in [-0.25, -0.2) is 4.98 Å². The number of hydrogen-bond acceptors (Lipinski definition) is 4. The maximum Gasteiger partial charge on any atom is 0.254 e. The average molecular weight is 454 g/mol. The highest BCUT2D eigenvalue weighted by atomic mass is 79.9. The summed E-state index contributed by atoms with van der Waals surface area (Å²) in [4.78, 5) is 31.2. The quantitative estimate of drug-likeness (QED) is 0.632. The number of nitrogens with zero attached hydrogens (tertiary/aromatic N) is 2. The van der Waals surface area contributed by atoms with Crippen LogP contribution in [0, 0.1) is 0 Å². The van der Waals surface area contributed by atoms with Gasteiger partial charge in [0.1, 0.15) is 6.04 Å². The normalized spacial score (nSPS) is 16.0. The number of likely N-dealkylation sites (tertiary alicyclic amines) is 1. The molecule has 2 heterocycles. The molecule has 1 aliphatic rings. The molecule has 0 radical (unpaired) electrons. The van der Waals surface area contributed by atoms with Gasteiger partial charge in [-0.05, 0) is 36.6 Å². The molecular weight excluding hydrogens is 434 g/mol. The highest BCUT2D eigenvalue weighted by Gasteiger charge is 2.34. The SMILES string of the molecule is O=C(NCc1ccc(-c2cnco2)cc1)C1CCCN1C(=O)c1cccc(Br)c1. The average Bonchev–Trinajstić information content (AvgIpc) is 3.44. The zero-order valence-corrected chi connectivity index (χ0v) is 17.3. The van der Waals surface area contributed by atoms with E-state index >= 15 is 0 Å². The number of carbonyl (C=O) groups excluding carboxylic acids is 2. The van der Waals surface area contributed by atoms with Crippen LogP contribution in [-0.2, 0) is 11.3 Å². The summed E-state index contributed by atoms with van der Waals surface area (Å²) in [7, 11) is 0. The van der Waals surface area contributed by atoms with Gasteiger partial charge in [0.2, 0.25) is 5.91 Å². The van der Waals surface area contributed by atoms with Gasteiger partial charge in [0.15, 0.2) is 12.2 Å². The third kappa shape index (κ3) is 4.40. The van der Waals surface area contributed by atoms with Crippen LogP contribution in [0.25, 0.3) is 11.3 Å². The maximum absolute atomic E-state index is 12.8. The molecule has 1 aliphatic heterocycles. The number of hydrogen-bond donors (Lipinski definition) is 1. The smallest absolute Gasteiger partial charge is 0.254 e. The summed E-state index contributed by atoms with van der Waals surface area (Å²) >= 11 is 3.39. The van der Waals surface area contributed by atoms with Crippen molar-refractivity contribution in [3.63, 3.8) is 0 Å². The van der Waals surface area contributed by atoms with Crippen LogP contribution in [0.3, 0.4) is 0 Å². The molecule has 1 unspecified atom stereocenters. The molecule has 1 N–H and O–H groups in total. The van der Waals surface area contributed by atoms with Gasteiger partial charge in [-0.1, -0.05) is 46.3 Å². The van der Waals surface area contributed by atoms with Gasteiger partial charge < -0.3 is 14.6 Å². The van der Waals surface area contributed by atoms with Crippen LogP contribution in [-0.4, -0.2) is 34.3 Å². The van der Waals surface area contributed by atoms with E-state index < -0.39 is 6.04 Å². The molecule has 1 fully saturated rings. The van der Waals surface area contributed by atoms with E-state index in [2.05, 4.69) is 26.2 Å². The van der Waals surface area contributed by atoms with E-state index in [1.165, 1.54) is 6.39 Å². The molecular formula is C22H20BrN3O3. The summed E-state index contributed by atoms with van der Waals surface area (Å²) in [6, 6.07) is 14.6. The van der Waals surface area contributed by atoms with Crippen molar-refractivity contribution in [3.05, 3.63) is 76.7 Å². The molecule has 1 aromatic heterocycles. The van der Waals surface area contributed by atoms with E-state index in [0.717, 1.165) is 22.0 Å². The molecule has 2 amide bonds. The second-order valence-corrected chi connectivity index (χ2v) is 7.86. The Kier molecular flexibility index (Phi) is 5.76. The summed E-state index contributed by atoms with van der Waals surface area (Å²) in [6.45, 7) is 1.00. The highest BCUT2D eigenvalue weighted by molar-refractivity contribution is 9.10. The molecule has 4 rings (SSSR count). The van der Waals surface area contributed by atoms with Gasteiger partial charge in [-0.2, -0.15) is 0 Å². The molecule has 3 aromatic rings. The number of rotatable bonds is 5. The molecule has 0 bridgehead atoms. The number of oxazole rings is 1. The van der Waals surface area contributed by atoms with Crippen molar-refractivity contribution in [2.75, 3.05) is 6.54 Å². The summed E-state index contributed by atoms with van der Waals surface area (Å²) in [5.74, 6) is 0.471. The number of halogens is 1. The van der Waals surface area contributed by atoms with E-state index in [1.54, 1.807) is 23.2 Å². The Morgan fingerprint density at radius 1 is 1.21 bits per heavy atom. The lowest BCUT2D eigenvalue weighted by atomic mass is 10.1. The largest absolute Gasteiger partial charge is 0.444 e. The number of nitrogens with one attached hydrogen (secondary N) is 1. The number of benzene rings is 2. The Morgan fingerprint density at radius 3 is 2.76 bits per heavy atom. The molecule has 2 aromatic carbocycles. The second-order valence-electron chi connectivity index (χ2n) is 6.95. The fourth-order valence-electron chi connectivity index (χ4n) is 3.52. The Balaban J connectivity index is 1.38. The lowest BCUT2D eigenvalue weighted by Gasteiger charge is -2.24. The number of carbonyl (C=O) groups is 2. The minimum Gasteiger partial charge on any atom is -0.444 e. The molecule has 0 spiro atoms. The first kappa shape index (κ1) is 19.4. The van der Waals surface area contributed by atoms with Crippen LogP contribution in [0.1, 0.15) is 28.8 Å². The third-order valence-corrected chi connectivity index (χ3v) is 5.52. The lowest BCUT2D eigenvalue weighted by molar-refractivity contribution is -0.125. The Bertz CT molecular complexity index is 1000. The minimum atomic E-state index is -0.435. The summed E-state index contributed by atoms with van der Waals surface area (Å²) in [5.41, 5.74) is 2.49. The Morgan fingerprint density at radius 2 is 2.03 bits per heavy atom. The van der Waals surface area contributed by atoms with Crippen molar-refractivity contribution in [2.45, 2.75) is 25.4 Å². The van der Waals surface area contributed by atoms with E-state index in [1.807, 2.05) is 36.4 Å². The van der Waals surface area contributed by atoms with Crippen LogP contribution in [0.2, 0.25) is 0 Å². The van der Waals surface area contributed by atoms with E-state index in [0.29, 0.717) is 30.8 Å². The number of amides is 2. The van der Waals surface area contributed by atoms with Crippen LogP contribution in [0.15, 0.2) is 70.0 Å². The standard InChI is InChI=1S/C22H20BrN3O3/c23-18-4-1-3-17(11-18)22(28)26-10-2-5-19(26)21(27)25-12-15-6-8-16(9-7-15)20-13-24-14-29-20/h1,3-4,6-9,11,13-14,19H,2,5,10,12H2,(H,25,27). The van der Waals surface area contributed by atoms with Crippen LogP contribution >= 0.6 is 15.9 Å². The fourth-order valence-corrected chi connectivity index (χ4v) is 3.92. The van der Waals surface area contributed by atoms with Crippen molar-refractivity contribution in [3.8, 4) is 11.3 Å². The Hall–Kier alpha value is -2.93. The van der Waals surface area contributed by atoms with Crippen molar-refractivity contribution in [1.82, 2.24) is 15.2 Å². The van der Waals surface area contributed by atoms with Gasteiger partial charge in [-0.15, -0.1) is 0 Å². The summed E-state index contributed by atoms with van der Waals surface area (Å²) in [5, 5.41) is 2.96.